The van der Waals surface area contributed by atoms with Crippen molar-refractivity contribution in [3.8, 4) is 11.5 Å². The predicted molar refractivity (Wildman–Crippen MR) is 73.9 cm³/mol. The van der Waals surface area contributed by atoms with Gasteiger partial charge in [0.15, 0.2) is 0 Å². The van der Waals surface area contributed by atoms with Crippen LogP contribution in [0.1, 0.15) is 15.9 Å². The molecule has 2 aromatic carbocycles. The van der Waals surface area contributed by atoms with E-state index in [2.05, 4.69) is 4.74 Å². The summed E-state index contributed by atoms with van der Waals surface area (Å²) in [6, 6.07) is 14.3. The summed E-state index contributed by atoms with van der Waals surface area (Å²) in [5.41, 5.74) is 1.48. The molecule has 4 heteroatoms. The van der Waals surface area contributed by atoms with Gasteiger partial charge in [-0.3, -0.25) is 0 Å². The number of alkyl halides is 1. The van der Waals surface area contributed by atoms with Crippen LogP contribution < -0.4 is 4.74 Å². The maximum absolute atomic E-state index is 11.3. The van der Waals surface area contributed by atoms with Crippen molar-refractivity contribution in [1.82, 2.24) is 0 Å². The number of hydrogen-bond acceptors (Lipinski definition) is 3. The second kappa shape index (κ2) is 6.25. The highest BCUT2D eigenvalue weighted by Gasteiger charge is 2.05. The topological polar surface area (TPSA) is 35.5 Å². The summed E-state index contributed by atoms with van der Waals surface area (Å²) in [4.78, 5) is 11.3. The van der Waals surface area contributed by atoms with Crippen LogP contribution in [-0.4, -0.2) is 13.1 Å². The molecule has 0 atom stereocenters. The van der Waals surface area contributed by atoms with Crippen LogP contribution in [0.2, 0.25) is 0 Å². The normalized spacial score (nSPS) is 10.0. The quantitative estimate of drug-likeness (QED) is 0.625. The first kappa shape index (κ1) is 13.4. The number of carbonyl (C=O) groups is 1. The Bertz CT molecular complexity index is 564. The number of rotatable bonds is 4. The molecule has 0 N–H and O–H groups in total. The first-order chi connectivity index (χ1) is 9.22. The lowest BCUT2D eigenvalue weighted by Gasteiger charge is -2.07. The SMILES string of the molecule is COC(=O)c1ccc(Oc2cccc(CCl)c2)cc1. The van der Waals surface area contributed by atoms with Crippen LogP contribution >= 0.6 is 11.6 Å². The van der Waals surface area contributed by atoms with Gasteiger partial charge in [-0.15, -0.1) is 11.6 Å². The molecular weight excluding hydrogens is 264 g/mol. The third-order valence-electron chi connectivity index (χ3n) is 2.56. The molecule has 2 aromatic rings. The lowest BCUT2D eigenvalue weighted by molar-refractivity contribution is 0.0600. The average molecular weight is 277 g/mol. The fraction of sp³-hybridized carbons (Fsp3) is 0.133. The molecule has 0 amide bonds. The molecule has 0 saturated heterocycles. The van der Waals surface area contributed by atoms with E-state index in [4.69, 9.17) is 16.3 Å². The fourth-order valence-corrected chi connectivity index (χ4v) is 1.77. The number of ether oxygens (including phenoxy) is 2. The van der Waals surface area contributed by atoms with Crippen molar-refractivity contribution in [2.75, 3.05) is 7.11 Å². The summed E-state index contributed by atoms with van der Waals surface area (Å²) in [5.74, 6) is 1.44. The van der Waals surface area contributed by atoms with Gasteiger partial charge in [0.05, 0.1) is 12.7 Å². The molecule has 2 rings (SSSR count). The summed E-state index contributed by atoms with van der Waals surface area (Å²) < 4.78 is 10.3. The third kappa shape index (κ3) is 3.48. The number of methoxy groups -OCH3 is 1. The number of halogens is 1. The van der Waals surface area contributed by atoms with E-state index in [9.17, 15) is 4.79 Å². The molecule has 0 fully saturated rings. The molecule has 0 aliphatic carbocycles. The summed E-state index contributed by atoms with van der Waals surface area (Å²) in [6.07, 6.45) is 0. The van der Waals surface area contributed by atoms with Gasteiger partial charge in [0.2, 0.25) is 0 Å². The number of carbonyl (C=O) groups excluding carboxylic acids is 1. The first-order valence-corrected chi connectivity index (χ1v) is 6.27. The molecule has 0 heterocycles. The summed E-state index contributed by atoms with van der Waals surface area (Å²) >= 11 is 5.77. The average Bonchev–Trinajstić information content (AvgIpc) is 2.47. The molecule has 98 valence electrons. The molecule has 0 aliphatic rings. The minimum Gasteiger partial charge on any atom is -0.465 e. The van der Waals surface area contributed by atoms with Crippen LogP contribution in [-0.2, 0) is 10.6 Å². The smallest absolute Gasteiger partial charge is 0.337 e. The van der Waals surface area contributed by atoms with Gasteiger partial charge in [-0.25, -0.2) is 4.79 Å². The van der Waals surface area contributed by atoms with Crippen molar-refractivity contribution < 1.29 is 14.3 Å². The van der Waals surface area contributed by atoms with Gasteiger partial charge in [-0.05, 0) is 42.0 Å². The fourth-order valence-electron chi connectivity index (χ4n) is 1.61. The van der Waals surface area contributed by atoms with Crippen LogP contribution in [0, 0.1) is 0 Å². The van der Waals surface area contributed by atoms with Crippen molar-refractivity contribution in [2.45, 2.75) is 5.88 Å². The van der Waals surface area contributed by atoms with E-state index in [1.807, 2.05) is 24.3 Å². The van der Waals surface area contributed by atoms with Crippen molar-refractivity contribution in [2.24, 2.45) is 0 Å². The Morgan fingerprint density at radius 3 is 2.47 bits per heavy atom. The maximum Gasteiger partial charge on any atom is 0.337 e. The summed E-state index contributed by atoms with van der Waals surface area (Å²) in [5, 5.41) is 0. The van der Waals surface area contributed by atoms with Crippen LogP contribution in [0.25, 0.3) is 0 Å². The minimum absolute atomic E-state index is 0.365. The van der Waals surface area contributed by atoms with Crippen LogP contribution in [0.4, 0.5) is 0 Å². The molecule has 0 aliphatic heterocycles. The van der Waals surface area contributed by atoms with Crippen molar-refractivity contribution >= 4 is 17.6 Å². The zero-order chi connectivity index (χ0) is 13.7. The maximum atomic E-state index is 11.3. The van der Waals surface area contributed by atoms with Crippen LogP contribution in [0.5, 0.6) is 11.5 Å². The Kier molecular flexibility index (Phi) is 4.42. The van der Waals surface area contributed by atoms with Gasteiger partial charge < -0.3 is 9.47 Å². The van der Waals surface area contributed by atoms with E-state index in [0.717, 1.165) is 5.56 Å². The number of hydrogen-bond donors (Lipinski definition) is 0. The lowest BCUT2D eigenvalue weighted by Crippen LogP contribution is -2.00. The predicted octanol–water partition coefficient (Wildman–Crippen LogP) is 4.00. The van der Waals surface area contributed by atoms with Crippen LogP contribution in [0.3, 0.4) is 0 Å². The zero-order valence-electron chi connectivity index (χ0n) is 10.4. The monoisotopic (exact) mass is 276 g/mol. The standard InChI is InChI=1S/C15H13ClO3/c1-18-15(17)12-5-7-13(8-6-12)19-14-4-2-3-11(9-14)10-16/h2-9H,10H2,1H3. The van der Waals surface area contributed by atoms with E-state index < -0.39 is 0 Å². The van der Waals surface area contributed by atoms with Gasteiger partial charge in [-0.2, -0.15) is 0 Å². The highest BCUT2D eigenvalue weighted by Crippen LogP contribution is 2.23. The number of esters is 1. The van der Waals surface area contributed by atoms with Crippen LogP contribution in [0.15, 0.2) is 48.5 Å². The molecule has 0 bridgehead atoms. The van der Waals surface area contributed by atoms with Gasteiger partial charge >= 0.3 is 5.97 Å². The van der Waals surface area contributed by atoms with E-state index in [-0.39, 0.29) is 5.97 Å². The Morgan fingerprint density at radius 1 is 1.11 bits per heavy atom. The van der Waals surface area contributed by atoms with Gasteiger partial charge in [-0.1, -0.05) is 12.1 Å². The molecule has 19 heavy (non-hydrogen) atoms. The Hall–Kier alpha value is -2.00. The molecular formula is C15H13ClO3. The lowest BCUT2D eigenvalue weighted by atomic mass is 10.2. The Morgan fingerprint density at radius 2 is 1.84 bits per heavy atom. The molecule has 0 spiro atoms. The van der Waals surface area contributed by atoms with E-state index >= 15 is 0 Å². The third-order valence-corrected chi connectivity index (χ3v) is 2.87. The van der Waals surface area contributed by atoms with Crippen molar-refractivity contribution in [1.29, 1.82) is 0 Å². The summed E-state index contributed by atoms with van der Waals surface area (Å²) in [6.45, 7) is 0. The Balaban J connectivity index is 2.12. The van der Waals surface area contributed by atoms with Crippen molar-refractivity contribution in [3.05, 3.63) is 59.7 Å². The van der Waals surface area contributed by atoms with Gasteiger partial charge in [0.1, 0.15) is 11.5 Å². The molecule has 0 aromatic heterocycles. The van der Waals surface area contributed by atoms with Gasteiger partial charge in [0.25, 0.3) is 0 Å². The second-order valence-electron chi connectivity index (χ2n) is 3.90. The minimum atomic E-state index is -0.365. The van der Waals surface area contributed by atoms with E-state index in [1.54, 1.807) is 24.3 Å². The highest BCUT2D eigenvalue weighted by atomic mass is 35.5. The summed E-state index contributed by atoms with van der Waals surface area (Å²) in [7, 11) is 1.35. The van der Waals surface area contributed by atoms with E-state index in [0.29, 0.717) is 22.9 Å². The van der Waals surface area contributed by atoms with Gasteiger partial charge in [0, 0.05) is 5.88 Å². The largest absolute Gasteiger partial charge is 0.465 e. The highest BCUT2D eigenvalue weighted by molar-refractivity contribution is 6.17. The molecule has 0 radical (unpaired) electrons. The number of benzene rings is 2. The van der Waals surface area contributed by atoms with Crippen molar-refractivity contribution in [3.63, 3.8) is 0 Å². The molecule has 0 unspecified atom stereocenters. The van der Waals surface area contributed by atoms with E-state index in [1.165, 1.54) is 7.11 Å². The molecule has 3 nitrogen and oxygen atoms in total. The molecule has 0 saturated carbocycles. The second-order valence-corrected chi connectivity index (χ2v) is 4.17. The Labute approximate surface area is 116 Å². The first-order valence-electron chi connectivity index (χ1n) is 5.74. The zero-order valence-corrected chi connectivity index (χ0v) is 11.2.